The Morgan fingerprint density at radius 3 is 2.57 bits per heavy atom. The van der Waals surface area contributed by atoms with Crippen molar-refractivity contribution in [3.63, 3.8) is 0 Å². The fraction of sp³-hybridized carbons (Fsp3) is 0.400. The zero-order valence-corrected chi connectivity index (χ0v) is 16.5. The van der Waals surface area contributed by atoms with Crippen molar-refractivity contribution in [3.8, 4) is 0 Å². The van der Waals surface area contributed by atoms with Crippen molar-refractivity contribution in [1.29, 1.82) is 0 Å². The van der Waals surface area contributed by atoms with Crippen LogP contribution in [-0.2, 0) is 13.6 Å². The summed E-state index contributed by atoms with van der Waals surface area (Å²) in [6.45, 7) is 4.56. The van der Waals surface area contributed by atoms with E-state index in [2.05, 4.69) is 43.0 Å². The Labute approximate surface area is 164 Å². The Morgan fingerprint density at radius 1 is 1.07 bits per heavy atom. The van der Waals surface area contributed by atoms with Gasteiger partial charge in [-0.2, -0.15) is 0 Å². The summed E-state index contributed by atoms with van der Waals surface area (Å²) in [5, 5.41) is 1.07. The van der Waals surface area contributed by atoms with Gasteiger partial charge in [0.25, 0.3) is 5.56 Å². The van der Waals surface area contributed by atoms with E-state index in [1.807, 2.05) is 25.2 Å². The zero-order chi connectivity index (χ0) is 19.7. The molecule has 0 atom stereocenters. The number of aromatic nitrogens is 4. The Balaban J connectivity index is 1.46. The fourth-order valence-electron chi connectivity index (χ4n) is 3.61. The van der Waals surface area contributed by atoms with Crippen molar-refractivity contribution in [3.05, 3.63) is 53.0 Å². The monoisotopic (exact) mass is 379 g/mol. The average Bonchev–Trinajstić information content (AvgIpc) is 2.70. The van der Waals surface area contributed by atoms with Gasteiger partial charge in [-0.15, -0.1) is 0 Å². The lowest BCUT2D eigenvalue weighted by Crippen LogP contribution is -2.46. The summed E-state index contributed by atoms with van der Waals surface area (Å²) in [5.74, 6) is 0.936. The van der Waals surface area contributed by atoms with Crippen LogP contribution in [0.2, 0.25) is 0 Å². The first-order valence-electron chi connectivity index (χ1n) is 9.42. The molecule has 3 heterocycles. The molecule has 1 aliphatic rings. The van der Waals surface area contributed by atoms with Crippen molar-refractivity contribution in [1.82, 2.24) is 24.4 Å². The summed E-state index contributed by atoms with van der Waals surface area (Å²) in [7, 11) is 5.76. The van der Waals surface area contributed by atoms with Crippen molar-refractivity contribution in [2.24, 2.45) is 7.05 Å². The van der Waals surface area contributed by atoms with Gasteiger partial charge in [0.05, 0.1) is 17.4 Å². The van der Waals surface area contributed by atoms with Crippen LogP contribution in [0.25, 0.3) is 10.9 Å². The number of rotatable bonds is 4. The minimum Gasteiger partial charge on any atom is -0.369 e. The van der Waals surface area contributed by atoms with E-state index in [4.69, 9.17) is 0 Å². The lowest BCUT2D eigenvalue weighted by atomic mass is 10.1. The van der Waals surface area contributed by atoms with E-state index in [0.29, 0.717) is 0 Å². The van der Waals surface area contributed by atoms with Crippen molar-refractivity contribution in [2.75, 3.05) is 50.1 Å². The smallest absolute Gasteiger partial charge is 0.268 e. The Hall–Kier alpha value is -3.00. The molecular weight excluding hydrogens is 354 g/mol. The predicted molar refractivity (Wildman–Crippen MR) is 111 cm³/mol. The van der Waals surface area contributed by atoms with Gasteiger partial charge in [0, 0.05) is 71.1 Å². The molecule has 3 aromatic rings. The van der Waals surface area contributed by atoms with Gasteiger partial charge in [0.2, 0.25) is 0 Å². The van der Waals surface area contributed by atoms with E-state index in [1.54, 1.807) is 17.9 Å². The topological polar surface area (TPSA) is 70.4 Å². The standard InChI is InChI=1S/C20H25N7O/c1-24(2)20-17-10-16(4-5-18(17)22-14-23-20)27-8-6-26(7-9-27)13-15-12-25(3)19(28)11-21-15/h4-5,10-12,14H,6-9,13H2,1-3H3. The molecule has 146 valence electrons. The second-order valence-corrected chi connectivity index (χ2v) is 7.38. The zero-order valence-electron chi connectivity index (χ0n) is 16.5. The van der Waals surface area contributed by atoms with Crippen LogP contribution in [0.15, 0.2) is 41.7 Å². The van der Waals surface area contributed by atoms with Crippen LogP contribution in [0.5, 0.6) is 0 Å². The third kappa shape index (κ3) is 3.68. The Morgan fingerprint density at radius 2 is 1.86 bits per heavy atom. The third-order valence-corrected chi connectivity index (χ3v) is 5.18. The SMILES string of the molecule is CN(C)c1ncnc2ccc(N3CCN(Cc4cn(C)c(=O)cn4)CC3)cc12. The molecule has 2 aromatic heterocycles. The number of hydrogen-bond acceptors (Lipinski definition) is 7. The number of aryl methyl sites for hydroxylation is 1. The average molecular weight is 379 g/mol. The number of hydrogen-bond donors (Lipinski definition) is 0. The summed E-state index contributed by atoms with van der Waals surface area (Å²) in [6, 6.07) is 6.40. The first-order chi connectivity index (χ1) is 13.5. The van der Waals surface area contributed by atoms with Gasteiger partial charge >= 0.3 is 0 Å². The van der Waals surface area contributed by atoms with E-state index in [9.17, 15) is 4.79 Å². The van der Waals surface area contributed by atoms with Gasteiger partial charge in [-0.1, -0.05) is 0 Å². The molecule has 0 amide bonds. The number of piperazine rings is 1. The highest BCUT2D eigenvalue weighted by atomic mass is 16.1. The molecule has 1 saturated heterocycles. The lowest BCUT2D eigenvalue weighted by Gasteiger charge is -2.36. The van der Waals surface area contributed by atoms with E-state index in [1.165, 1.54) is 11.9 Å². The fourth-order valence-corrected chi connectivity index (χ4v) is 3.61. The van der Waals surface area contributed by atoms with Crippen LogP contribution < -0.4 is 15.4 Å². The molecule has 0 radical (unpaired) electrons. The first kappa shape index (κ1) is 18.4. The molecule has 0 bridgehead atoms. The highest BCUT2D eigenvalue weighted by molar-refractivity contribution is 5.91. The minimum atomic E-state index is -0.0778. The number of nitrogens with zero attached hydrogens (tertiary/aromatic N) is 7. The molecule has 0 spiro atoms. The summed E-state index contributed by atoms with van der Waals surface area (Å²) >= 11 is 0. The van der Waals surface area contributed by atoms with Gasteiger partial charge in [-0.25, -0.2) is 9.97 Å². The highest BCUT2D eigenvalue weighted by Crippen LogP contribution is 2.27. The van der Waals surface area contributed by atoms with E-state index in [0.717, 1.165) is 55.1 Å². The highest BCUT2D eigenvalue weighted by Gasteiger charge is 2.19. The largest absolute Gasteiger partial charge is 0.369 e. The second-order valence-electron chi connectivity index (χ2n) is 7.38. The Kier molecular flexibility index (Phi) is 4.95. The molecule has 0 aliphatic carbocycles. The van der Waals surface area contributed by atoms with Crippen molar-refractivity contribution >= 4 is 22.4 Å². The van der Waals surface area contributed by atoms with Crippen LogP contribution in [0.4, 0.5) is 11.5 Å². The van der Waals surface area contributed by atoms with Gasteiger partial charge in [-0.05, 0) is 18.2 Å². The molecule has 1 fully saturated rings. The van der Waals surface area contributed by atoms with Crippen LogP contribution in [0.3, 0.4) is 0 Å². The van der Waals surface area contributed by atoms with E-state index in [-0.39, 0.29) is 5.56 Å². The van der Waals surface area contributed by atoms with E-state index < -0.39 is 0 Å². The van der Waals surface area contributed by atoms with Crippen molar-refractivity contribution < 1.29 is 0 Å². The number of fused-ring (bicyclic) bond motifs is 1. The van der Waals surface area contributed by atoms with Gasteiger partial charge in [0.15, 0.2) is 0 Å². The minimum absolute atomic E-state index is 0.0778. The summed E-state index contributed by atoms with van der Waals surface area (Å²) in [6.07, 6.45) is 4.83. The van der Waals surface area contributed by atoms with Crippen LogP contribution in [0.1, 0.15) is 5.69 Å². The van der Waals surface area contributed by atoms with Gasteiger partial charge in [0.1, 0.15) is 12.1 Å². The summed E-state index contributed by atoms with van der Waals surface area (Å²) in [4.78, 5) is 31.4. The molecule has 0 unspecified atom stereocenters. The molecule has 1 aromatic carbocycles. The van der Waals surface area contributed by atoms with Crippen molar-refractivity contribution in [2.45, 2.75) is 6.54 Å². The maximum atomic E-state index is 11.5. The summed E-state index contributed by atoms with van der Waals surface area (Å²) < 4.78 is 1.58. The van der Waals surface area contributed by atoms with Crippen LogP contribution in [-0.4, -0.2) is 64.7 Å². The molecule has 8 nitrogen and oxygen atoms in total. The molecule has 0 N–H and O–H groups in total. The lowest BCUT2D eigenvalue weighted by molar-refractivity contribution is 0.246. The van der Waals surface area contributed by atoms with Crippen LogP contribution in [0, 0.1) is 0 Å². The molecule has 0 saturated carbocycles. The number of anilines is 2. The number of benzene rings is 1. The van der Waals surface area contributed by atoms with Gasteiger partial charge in [-0.3, -0.25) is 14.7 Å². The predicted octanol–water partition coefficient (Wildman–Crippen LogP) is 1.11. The maximum absolute atomic E-state index is 11.5. The first-order valence-corrected chi connectivity index (χ1v) is 9.42. The normalized spacial score (nSPS) is 15.2. The van der Waals surface area contributed by atoms with Crippen LogP contribution >= 0.6 is 0 Å². The second kappa shape index (κ2) is 7.55. The molecule has 8 heteroatoms. The molecule has 1 aliphatic heterocycles. The van der Waals surface area contributed by atoms with Gasteiger partial charge < -0.3 is 14.4 Å². The molecular formula is C20H25N7O. The van der Waals surface area contributed by atoms with E-state index >= 15 is 0 Å². The summed E-state index contributed by atoms with van der Waals surface area (Å²) in [5.41, 5.74) is 3.01. The third-order valence-electron chi connectivity index (χ3n) is 5.18. The quantitative estimate of drug-likeness (QED) is 0.673. The Bertz CT molecular complexity index is 1040. The molecule has 4 rings (SSSR count). The maximum Gasteiger partial charge on any atom is 0.268 e. The molecule has 28 heavy (non-hydrogen) atoms.